The summed E-state index contributed by atoms with van der Waals surface area (Å²) in [4.78, 5) is 12.0. The van der Waals surface area contributed by atoms with E-state index in [2.05, 4.69) is 5.32 Å². The molecule has 0 aliphatic heterocycles. The largest absolute Gasteiger partial charge is 0.350 e. The van der Waals surface area contributed by atoms with Crippen LogP contribution in [0.3, 0.4) is 0 Å². The Hall–Kier alpha value is -1.44. The van der Waals surface area contributed by atoms with Crippen LogP contribution < -0.4 is 16.2 Å². The summed E-state index contributed by atoms with van der Waals surface area (Å²) in [6.07, 6.45) is 1.98. The van der Waals surface area contributed by atoms with Gasteiger partial charge >= 0.3 is 0 Å². The monoisotopic (exact) mass is 297 g/mol. The molecule has 1 atom stereocenters. The second-order valence-electron chi connectivity index (χ2n) is 5.43. The Balaban J connectivity index is 1.96. The van der Waals surface area contributed by atoms with Crippen molar-refractivity contribution in [1.29, 1.82) is 0 Å². The highest BCUT2D eigenvalue weighted by molar-refractivity contribution is 7.89. The Morgan fingerprint density at radius 3 is 2.35 bits per heavy atom. The quantitative estimate of drug-likeness (QED) is 0.713. The predicted molar refractivity (Wildman–Crippen MR) is 75.0 cm³/mol. The number of primary sulfonamides is 1. The average Bonchev–Trinajstić information content (AvgIpc) is 3.19. The molecule has 0 radical (unpaired) electrons. The van der Waals surface area contributed by atoms with E-state index in [1.807, 2.05) is 0 Å². The highest BCUT2D eigenvalue weighted by atomic mass is 32.2. The highest BCUT2D eigenvalue weighted by Crippen LogP contribution is 2.38. The molecule has 0 saturated heterocycles. The predicted octanol–water partition coefficient (Wildman–Crippen LogP) is 0.0776. The summed E-state index contributed by atoms with van der Waals surface area (Å²) in [7, 11) is -3.68. The Labute approximate surface area is 118 Å². The number of nitrogens with two attached hydrogens (primary N) is 2. The second-order valence-corrected chi connectivity index (χ2v) is 6.99. The molecule has 0 heterocycles. The fourth-order valence-electron chi connectivity index (χ4n) is 2.04. The maximum absolute atomic E-state index is 12.0. The molecule has 2 rings (SSSR count). The lowest BCUT2D eigenvalue weighted by atomic mass is 9.96. The lowest BCUT2D eigenvalue weighted by Crippen LogP contribution is -2.53. The van der Waals surface area contributed by atoms with Crippen LogP contribution in [-0.2, 0) is 21.4 Å². The van der Waals surface area contributed by atoms with Crippen LogP contribution in [0, 0.1) is 5.92 Å². The molecule has 1 aliphatic rings. The molecular weight excluding hydrogens is 278 g/mol. The summed E-state index contributed by atoms with van der Waals surface area (Å²) in [5, 5.41) is 7.79. The molecule has 0 spiro atoms. The second kappa shape index (κ2) is 5.16. The Bertz CT molecular complexity index is 604. The first kappa shape index (κ1) is 15.0. The lowest BCUT2D eigenvalue weighted by Gasteiger charge is -2.23. The first-order valence-electron chi connectivity index (χ1n) is 6.40. The molecule has 1 fully saturated rings. The van der Waals surface area contributed by atoms with Crippen molar-refractivity contribution < 1.29 is 13.2 Å². The van der Waals surface area contributed by atoms with Crippen LogP contribution in [-0.4, -0.2) is 19.9 Å². The summed E-state index contributed by atoms with van der Waals surface area (Å²) in [6.45, 7) is 2.05. The summed E-state index contributed by atoms with van der Waals surface area (Å²) in [6, 6.07) is 6.06. The van der Waals surface area contributed by atoms with E-state index in [-0.39, 0.29) is 16.7 Å². The zero-order chi connectivity index (χ0) is 15.0. The molecule has 6 nitrogen and oxygen atoms in total. The van der Waals surface area contributed by atoms with Crippen LogP contribution in [0.15, 0.2) is 29.2 Å². The number of benzene rings is 1. The van der Waals surface area contributed by atoms with Gasteiger partial charge in [0.2, 0.25) is 15.9 Å². The molecule has 1 aromatic carbocycles. The minimum Gasteiger partial charge on any atom is -0.350 e. The number of carbonyl (C=O) groups excluding carboxylic acids is 1. The Morgan fingerprint density at radius 1 is 1.35 bits per heavy atom. The van der Waals surface area contributed by atoms with E-state index in [0.29, 0.717) is 6.54 Å². The van der Waals surface area contributed by atoms with E-state index in [0.717, 1.165) is 18.4 Å². The SMILES string of the molecule is CC(N)(C(=O)NCc1ccc(S(N)(=O)=O)cc1)C1CC1. The summed E-state index contributed by atoms with van der Waals surface area (Å²) in [5.74, 6) is 0.0720. The van der Waals surface area contributed by atoms with Crippen molar-refractivity contribution in [2.75, 3.05) is 0 Å². The molecule has 1 unspecified atom stereocenters. The number of sulfonamides is 1. The fourth-order valence-corrected chi connectivity index (χ4v) is 2.55. The van der Waals surface area contributed by atoms with Gasteiger partial charge in [-0.05, 0) is 43.4 Å². The highest BCUT2D eigenvalue weighted by Gasteiger charge is 2.43. The number of nitrogens with one attached hydrogen (secondary N) is 1. The molecule has 7 heteroatoms. The summed E-state index contributed by atoms with van der Waals surface area (Å²) in [5.41, 5.74) is 5.96. The first-order valence-corrected chi connectivity index (χ1v) is 7.95. The van der Waals surface area contributed by atoms with Crippen molar-refractivity contribution in [3.8, 4) is 0 Å². The third kappa shape index (κ3) is 3.36. The van der Waals surface area contributed by atoms with Crippen molar-refractivity contribution in [1.82, 2.24) is 5.32 Å². The standard InChI is InChI=1S/C13H19N3O3S/c1-13(14,10-4-5-10)12(17)16-8-9-2-6-11(7-3-9)20(15,18)19/h2-3,6-7,10H,4-5,8,14H2,1H3,(H,16,17)(H2,15,18,19). The van der Waals surface area contributed by atoms with Gasteiger partial charge in [-0.15, -0.1) is 0 Å². The number of hydrogen-bond donors (Lipinski definition) is 3. The molecule has 1 aromatic rings. The summed E-state index contributed by atoms with van der Waals surface area (Å²) < 4.78 is 22.2. The van der Waals surface area contributed by atoms with Gasteiger partial charge in [0.05, 0.1) is 10.4 Å². The molecule has 5 N–H and O–H groups in total. The minimum atomic E-state index is -3.68. The Morgan fingerprint density at radius 2 is 1.90 bits per heavy atom. The molecule has 0 bridgehead atoms. The minimum absolute atomic E-state index is 0.0502. The van der Waals surface area contributed by atoms with Crippen LogP contribution in [0.4, 0.5) is 0 Å². The molecule has 1 aliphatic carbocycles. The molecule has 1 amide bonds. The van der Waals surface area contributed by atoms with Gasteiger partial charge in [0, 0.05) is 6.54 Å². The van der Waals surface area contributed by atoms with E-state index >= 15 is 0 Å². The Kier molecular flexibility index (Phi) is 3.86. The summed E-state index contributed by atoms with van der Waals surface area (Å²) >= 11 is 0. The number of carbonyl (C=O) groups is 1. The number of amides is 1. The third-order valence-electron chi connectivity index (χ3n) is 3.62. The topological polar surface area (TPSA) is 115 Å². The van der Waals surface area contributed by atoms with Gasteiger partial charge in [0.15, 0.2) is 0 Å². The van der Waals surface area contributed by atoms with Crippen LogP contribution in [0.1, 0.15) is 25.3 Å². The smallest absolute Gasteiger partial charge is 0.240 e. The number of rotatable bonds is 5. The fraction of sp³-hybridized carbons (Fsp3) is 0.462. The van der Waals surface area contributed by atoms with Gasteiger partial charge in [-0.2, -0.15) is 0 Å². The zero-order valence-electron chi connectivity index (χ0n) is 11.3. The van der Waals surface area contributed by atoms with Crippen molar-refractivity contribution in [3.05, 3.63) is 29.8 Å². The molecule has 20 heavy (non-hydrogen) atoms. The lowest BCUT2D eigenvalue weighted by molar-refractivity contribution is -0.126. The van der Waals surface area contributed by atoms with Gasteiger partial charge in [-0.3, -0.25) is 4.79 Å². The van der Waals surface area contributed by atoms with Crippen molar-refractivity contribution >= 4 is 15.9 Å². The normalized spacial score (nSPS) is 18.4. The van der Waals surface area contributed by atoms with Gasteiger partial charge in [0.25, 0.3) is 0 Å². The van der Waals surface area contributed by atoms with Gasteiger partial charge in [0.1, 0.15) is 0 Å². The molecule has 110 valence electrons. The molecule has 1 saturated carbocycles. The van der Waals surface area contributed by atoms with Crippen LogP contribution in [0.25, 0.3) is 0 Å². The zero-order valence-corrected chi connectivity index (χ0v) is 12.1. The van der Waals surface area contributed by atoms with Crippen LogP contribution in [0.2, 0.25) is 0 Å². The molecule has 0 aromatic heterocycles. The van der Waals surface area contributed by atoms with E-state index in [9.17, 15) is 13.2 Å². The first-order chi connectivity index (χ1) is 9.21. The maximum atomic E-state index is 12.0. The van der Waals surface area contributed by atoms with Crippen molar-refractivity contribution in [2.24, 2.45) is 16.8 Å². The van der Waals surface area contributed by atoms with E-state index in [1.54, 1.807) is 19.1 Å². The van der Waals surface area contributed by atoms with Gasteiger partial charge < -0.3 is 11.1 Å². The maximum Gasteiger partial charge on any atom is 0.240 e. The number of hydrogen-bond acceptors (Lipinski definition) is 4. The molecular formula is C13H19N3O3S. The van der Waals surface area contributed by atoms with Crippen LogP contribution in [0.5, 0.6) is 0 Å². The third-order valence-corrected chi connectivity index (χ3v) is 4.55. The van der Waals surface area contributed by atoms with Gasteiger partial charge in [-0.1, -0.05) is 12.1 Å². The average molecular weight is 297 g/mol. The van der Waals surface area contributed by atoms with E-state index < -0.39 is 15.6 Å². The van der Waals surface area contributed by atoms with Crippen LogP contribution >= 0.6 is 0 Å². The van der Waals surface area contributed by atoms with Crippen molar-refractivity contribution in [2.45, 2.75) is 36.7 Å². The van der Waals surface area contributed by atoms with E-state index in [4.69, 9.17) is 10.9 Å². The van der Waals surface area contributed by atoms with E-state index in [1.165, 1.54) is 12.1 Å². The van der Waals surface area contributed by atoms with Crippen molar-refractivity contribution in [3.63, 3.8) is 0 Å². The van der Waals surface area contributed by atoms with Gasteiger partial charge in [-0.25, -0.2) is 13.6 Å².